The van der Waals surface area contributed by atoms with Crippen LogP contribution in [-0.2, 0) is 14.4 Å². The largest absolute Gasteiger partial charge is 0.481 e. The lowest BCUT2D eigenvalue weighted by molar-refractivity contribution is -0.142. The van der Waals surface area contributed by atoms with Crippen molar-refractivity contribution >= 4 is 17.8 Å². The molecule has 3 N–H and O–H groups in total. The molecule has 0 unspecified atom stereocenters. The van der Waals surface area contributed by atoms with Crippen molar-refractivity contribution in [1.29, 1.82) is 0 Å². The Kier molecular flexibility index (Phi) is 3.84. The number of hydrogen-bond acceptors (Lipinski definition) is 3. The van der Waals surface area contributed by atoms with Crippen molar-refractivity contribution < 1.29 is 19.5 Å². The molecule has 1 aliphatic carbocycles. The first-order valence-corrected chi connectivity index (χ1v) is 6.39. The summed E-state index contributed by atoms with van der Waals surface area (Å²) in [6.45, 7) is 0. The van der Waals surface area contributed by atoms with Gasteiger partial charge in [-0.15, -0.1) is 0 Å². The van der Waals surface area contributed by atoms with Gasteiger partial charge in [-0.25, -0.2) is 0 Å². The molecule has 0 aromatic heterocycles. The van der Waals surface area contributed by atoms with E-state index in [-0.39, 0.29) is 23.8 Å². The fraction of sp³-hybridized carbons (Fsp3) is 0.750. The minimum atomic E-state index is -0.747. The third kappa shape index (κ3) is 3.00. The van der Waals surface area contributed by atoms with Gasteiger partial charge in [0, 0.05) is 12.5 Å². The van der Waals surface area contributed by atoms with E-state index >= 15 is 0 Å². The molecular formula is C12H18N2O4. The smallest absolute Gasteiger partial charge is 0.306 e. The fourth-order valence-corrected chi connectivity index (χ4v) is 2.60. The number of carboxylic acids is 1. The fourth-order valence-electron chi connectivity index (χ4n) is 2.60. The second kappa shape index (κ2) is 5.37. The molecular weight excluding hydrogens is 236 g/mol. The summed E-state index contributed by atoms with van der Waals surface area (Å²) in [7, 11) is 0. The zero-order chi connectivity index (χ0) is 13.1. The standard InChI is InChI=1S/C12H18N2O4/c15-10-6-5-9(14-10)11(16)13-8-3-1-7(2-4-8)12(17)18/h7-9H,1-6H2,(H,13,16)(H,14,15)(H,17,18)/t7?,8?,9-/m1/s1. The first-order chi connectivity index (χ1) is 8.56. The van der Waals surface area contributed by atoms with Crippen LogP contribution in [0.1, 0.15) is 38.5 Å². The summed E-state index contributed by atoms with van der Waals surface area (Å²) in [5.74, 6) is -1.24. The van der Waals surface area contributed by atoms with Crippen LogP contribution in [0, 0.1) is 5.92 Å². The van der Waals surface area contributed by atoms with E-state index in [2.05, 4.69) is 10.6 Å². The second-order valence-corrected chi connectivity index (χ2v) is 5.05. The van der Waals surface area contributed by atoms with E-state index < -0.39 is 12.0 Å². The molecule has 2 amide bonds. The summed E-state index contributed by atoms with van der Waals surface area (Å²) in [4.78, 5) is 33.6. The molecule has 1 heterocycles. The van der Waals surface area contributed by atoms with Crippen molar-refractivity contribution in [3.05, 3.63) is 0 Å². The lowest BCUT2D eigenvalue weighted by atomic mass is 9.86. The molecule has 1 atom stereocenters. The number of aliphatic carboxylic acids is 1. The quantitative estimate of drug-likeness (QED) is 0.662. The molecule has 0 aromatic rings. The highest BCUT2D eigenvalue weighted by Crippen LogP contribution is 2.24. The lowest BCUT2D eigenvalue weighted by Crippen LogP contribution is -2.47. The molecule has 0 spiro atoms. The van der Waals surface area contributed by atoms with Gasteiger partial charge in [0.05, 0.1) is 5.92 Å². The maximum Gasteiger partial charge on any atom is 0.306 e. The van der Waals surface area contributed by atoms with Crippen molar-refractivity contribution in [1.82, 2.24) is 10.6 Å². The molecule has 1 aliphatic heterocycles. The number of amides is 2. The van der Waals surface area contributed by atoms with Crippen LogP contribution in [0.4, 0.5) is 0 Å². The van der Waals surface area contributed by atoms with E-state index in [0.717, 1.165) is 0 Å². The van der Waals surface area contributed by atoms with Gasteiger partial charge in [-0.1, -0.05) is 0 Å². The van der Waals surface area contributed by atoms with Gasteiger partial charge in [-0.05, 0) is 32.1 Å². The molecule has 0 radical (unpaired) electrons. The van der Waals surface area contributed by atoms with Crippen molar-refractivity contribution in [2.45, 2.75) is 50.6 Å². The summed E-state index contributed by atoms with van der Waals surface area (Å²) in [6, 6.07) is -0.361. The molecule has 6 nitrogen and oxygen atoms in total. The third-order valence-corrected chi connectivity index (χ3v) is 3.73. The minimum absolute atomic E-state index is 0.0469. The van der Waals surface area contributed by atoms with Gasteiger partial charge < -0.3 is 15.7 Å². The molecule has 2 rings (SSSR count). The predicted octanol–water partition coefficient (Wildman–Crippen LogP) is 0.0246. The second-order valence-electron chi connectivity index (χ2n) is 5.05. The Morgan fingerprint density at radius 1 is 1.17 bits per heavy atom. The molecule has 100 valence electrons. The Hall–Kier alpha value is -1.59. The van der Waals surface area contributed by atoms with Gasteiger partial charge in [0.15, 0.2) is 0 Å². The van der Waals surface area contributed by atoms with Gasteiger partial charge in [-0.2, -0.15) is 0 Å². The van der Waals surface area contributed by atoms with Crippen LogP contribution in [-0.4, -0.2) is 35.0 Å². The number of nitrogens with one attached hydrogen (secondary N) is 2. The monoisotopic (exact) mass is 254 g/mol. The molecule has 2 aliphatic rings. The molecule has 1 saturated heterocycles. The van der Waals surface area contributed by atoms with Crippen LogP contribution in [0.2, 0.25) is 0 Å². The Morgan fingerprint density at radius 3 is 2.33 bits per heavy atom. The number of rotatable bonds is 3. The summed E-state index contributed by atoms with van der Waals surface area (Å²) >= 11 is 0. The Balaban J connectivity index is 1.76. The molecule has 1 saturated carbocycles. The summed E-state index contributed by atoms with van der Waals surface area (Å²) in [6.07, 6.45) is 3.57. The van der Waals surface area contributed by atoms with Crippen molar-refractivity contribution in [2.75, 3.05) is 0 Å². The number of hydrogen-bond donors (Lipinski definition) is 3. The average Bonchev–Trinajstić information content (AvgIpc) is 2.76. The van der Waals surface area contributed by atoms with Crippen molar-refractivity contribution in [2.24, 2.45) is 5.92 Å². The van der Waals surface area contributed by atoms with E-state index in [1.807, 2.05) is 0 Å². The highest BCUT2D eigenvalue weighted by molar-refractivity contribution is 5.90. The molecule has 18 heavy (non-hydrogen) atoms. The number of carbonyl (C=O) groups excluding carboxylic acids is 2. The summed E-state index contributed by atoms with van der Waals surface area (Å²) < 4.78 is 0. The van der Waals surface area contributed by atoms with Crippen LogP contribution in [0.5, 0.6) is 0 Å². The zero-order valence-corrected chi connectivity index (χ0v) is 10.1. The maximum atomic E-state index is 11.8. The average molecular weight is 254 g/mol. The Labute approximate surface area is 105 Å². The van der Waals surface area contributed by atoms with Crippen molar-refractivity contribution in [3.8, 4) is 0 Å². The van der Waals surface area contributed by atoms with E-state index in [4.69, 9.17) is 5.11 Å². The Bertz CT molecular complexity index is 361. The van der Waals surface area contributed by atoms with Gasteiger partial charge in [0.1, 0.15) is 6.04 Å². The SMILES string of the molecule is O=C1CC[C@H](C(=O)NC2CCC(C(=O)O)CC2)N1. The molecule has 0 aromatic carbocycles. The van der Waals surface area contributed by atoms with E-state index in [1.54, 1.807) is 0 Å². The normalized spacial score (nSPS) is 31.8. The highest BCUT2D eigenvalue weighted by Gasteiger charge is 2.31. The van der Waals surface area contributed by atoms with Gasteiger partial charge in [-0.3, -0.25) is 14.4 Å². The topological polar surface area (TPSA) is 95.5 Å². The molecule has 0 bridgehead atoms. The van der Waals surface area contributed by atoms with Crippen LogP contribution >= 0.6 is 0 Å². The molecule has 6 heteroatoms. The molecule has 2 fully saturated rings. The Morgan fingerprint density at radius 2 is 1.83 bits per heavy atom. The van der Waals surface area contributed by atoms with E-state index in [1.165, 1.54) is 0 Å². The lowest BCUT2D eigenvalue weighted by Gasteiger charge is -2.27. The van der Waals surface area contributed by atoms with Gasteiger partial charge >= 0.3 is 5.97 Å². The van der Waals surface area contributed by atoms with Crippen LogP contribution in [0.15, 0.2) is 0 Å². The minimum Gasteiger partial charge on any atom is -0.481 e. The zero-order valence-electron chi connectivity index (χ0n) is 10.1. The first kappa shape index (κ1) is 12.9. The van der Waals surface area contributed by atoms with Gasteiger partial charge in [0.25, 0.3) is 0 Å². The highest BCUT2D eigenvalue weighted by atomic mass is 16.4. The number of carbonyl (C=O) groups is 3. The van der Waals surface area contributed by atoms with Gasteiger partial charge in [0.2, 0.25) is 11.8 Å². The van der Waals surface area contributed by atoms with Crippen molar-refractivity contribution in [3.63, 3.8) is 0 Å². The van der Waals surface area contributed by atoms with Crippen LogP contribution in [0.25, 0.3) is 0 Å². The summed E-state index contributed by atoms with van der Waals surface area (Å²) in [5, 5.41) is 14.4. The van der Waals surface area contributed by atoms with E-state index in [9.17, 15) is 14.4 Å². The maximum absolute atomic E-state index is 11.8. The van der Waals surface area contributed by atoms with Crippen LogP contribution < -0.4 is 10.6 Å². The first-order valence-electron chi connectivity index (χ1n) is 6.39. The predicted molar refractivity (Wildman–Crippen MR) is 62.7 cm³/mol. The number of carboxylic acid groups (broad SMARTS) is 1. The van der Waals surface area contributed by atoms with Crippen LogP contribution in [0.3, 0.4) is 0 Å². The van der Waals surface area contributed by atoms with E-state index in [0.29, 0.717) is 38.5 Å². The summed E-state index contributed by atoms with van der Waals surface area (Å²) in [5.41, 5.74) is 0. The third-order valence-electron chi connectivity index (χ3n) is 3.73.